The Balaban J connectivity index is 1.24. The summed E-state index contributed by atoms with van der Waals surface area (Å²) < 4.78 is 5.34. The van der Waals surface area contributed by atoms with Gasteiger partial charge in [-0.25, -0.2) is 4.98 Å². The van der Waals surface area contributed by atoms with Crippen LogP contribution in [0.2, 0.25) is 0 Å². The maximum absolute atomic E-state index is 12.6. The zero-order chi connectivity index (χ0) is 23.4. The number of nitrogens with zero attached hydrogens (tertiary/aromatic N) is 4. The molecule has 8 nitrogen and oxygen atoms in total. The van der Waals surface area contributed by atoms with E-state index in [1.165, 1.54) is 28.0 Å². The molecule has 0 saturated carbocycles. The number of aryl methyl sites for hydroxylation is 3. The molecule has 0 spiro atoms. The quantitative estimate of drug-likeness (QED) is 0.696. The van der Waals surface area contributed by atoms with Gasteiger partial charge < -0.3 is 15.0 Å². The van der Waals surface area contributed by atoms with E-state index in [1.54, 1.807) is 0 Å². The maximum atomic E-state index is 12.6. The summed E-state index contributed by atoms with van der Waals surface area (Å²) >= 11 is 1.45. The van der Waals surface area contributed by atoms with Crippen molar-refractivity contribution in [2.75, 3.05) is 70.9 Å². The number of nitrogens with one attached hydrogen (secondary N) is 1. The average Bonchev–Trinajstić information content (AvgIpc) is 3.21. The lowest BCUT2D eigenvalue weighted by molar-refractivity contribution is -0.135. The number of ether oxygens (including phenoxy) is 1. The van der Waals surface area contributed by atoms with Crippen molar-refractivity contribution in [3.8, 4) is 11.3 Å². The van der Waals surface area contributed by atoms with Crippen LogP contribution in [0, 0.1) is 20.8 Å². The van der Waals surface area contributed by atoms with E-state index >= 15 is 0 Å². The van der Waals surface area contributed by atoms with Crippen molar-refractivity contribution in [1.82, 2.24) is 19.7 Å². The maximum Gasteiger partial charge on any atom is 0.240 e. The molecule has 2 aliphatic rings. The molecule has 4 rings (SSSR count). The normalized spacial score (nSPS) is 17.8. The molecule has 0 bridgehead atoms. The molecule has 2 saturated heterocycles. The number of hydrogen-bond donors (Lipinski definition) is 1. The first-order valence-corrected chi connectivity index (χ1v) is 12.4. The summed E-state index contributed by atoms with van der Waals surface area (Å²) in [6, 6.07) is 4.32. The Bertz CT molecular complexity index is 971. The Labute approximate surface area is 199 Å². The van der Waals surface area contributed by atoms with Gasteiger partial charge in [0.1, 0.15) is 0 Å². The van der Waals surface area contributed by atoms with E-state index in [-0.39, 0.29) is 11.8 Å². The summed E-state index contributed by atoms with van der Waals surface area (Å²) in [6.07, 6.45) is 0. The minimum absolute atomic E-state index is 0.0682. The summed E-state index contributed by atoms with van der Waals surface area (Å²) in [7, 11) is 0. The molecule has 3 heterocycles. The van der Waals surface area contributed by atoms with E-state index in [1.807, 2.05) is 10.3 Å². The highest BCUT2D eigenvalue weighted by Gasteiger charge is 2.24. The second-order valence-corrected chi connectivity index (χ2v) is 9.76. The van der Waals surface area contributed by atoms with Gasteiger partial charge >= 0.3 is 0 Å². The molecule has 2 amide bonds. The van der Waals surface area contributed by atoms with Crippen molar-refractivity contribution >= 4 is 28.3 Å². The lowest BCUT2D eigenvalue weighted by Crippen LogP contribution is -2.53. The molecule has 0 aliphatic carbocycles. The van der Waals surface area contributed by atoms with E-state index in [2.05, 4.69) is 53.0 Å². The average molecular weight is 472 g/mol. The van der Waals surface area contributed by atoms with Crippen LogP contribution in [0.3, 0.4) is 0 Å². The molecule has 0 radical (unpaired) electrons. The number of piperazine rings is 1. The summed E-state index contributed by atoms with van der Waals surface area (Å²) in [5.74, 6) is 0.0966. The molecule has 2 aromatic rings. The zero-order valence-corrected chi connectivity index (χ0v) is 20.5. The third kappa shape index (κ3) is 6.17. The standard InChI is InChI=1S/C24H33N5O3S/c1-17-12-18(2)23(19(3)13-17)20-16-33-24(25-20)26-21(30)14-27-4-6-29(7-5-27)22(31)15-28-8-10-32-11-9-28/h12-13,16H,4-11,14-15H2,1-3H3,(H,25,26,30). The van der Waals surface area contributed by atoms with E-state index in [4.69, 9.17) is 4.74 Å². The number of amides is 2. The van der Waals surface area contributed by atoms with Crippen LogP contribution in [0.5, 0.6) is 0 Å². The molecule has 0 unspecified atom stereocenters. The fraction of sp³-hybridized carbons (Fsp3) is 0.542. The van der Waals surface area contributed by atoms with E-state index in [0.29, 0.717) is 57.6 Å². The van der Waals surface area contributed by atoms with Crippen LogP contribution in [0.4, 0.5) is 5.13 Å². The molecule has 2 aliphatic heterocycles. The number of benzene rings is 1. The van der Waals surface area contributed by atoms with Crippen LogP contribution in [0.25, 0.3) is 11.3 Å². The van der Waals surface area contributed by atoms with Crippen molar-refractivity contribution in [3.05, 3.63) is 34.2 Å². The minimum atomic E-state index is -0.0682. The van der Waals surface area contributed by atoms with Gasteiger partial charge in [-0.1, -0.05) is 17.7 Å². The van der Waals surface area contributed by atoms with Crippen LogP contribution in [-0.4, -0.2) is 97.1 Å². The number of anilines is 1. The number of morpholine rings is 1. The first-order valence-electron chi connectivity index (χ1n) is 11.5. The molecule has 33 heavy (non-hydrogen) atoms. The largest absolute Gasteiger partial charge is 0.379 e. The van der Waals surface area contributed by atoms with Gasteiger partial charge in [0, 0.05) is 50.2 Å². The monoisotopic (exact) mass is 471 g/mol. The number of carbonyl (C=O) groups is 2. The van der Waals surface area contributed by atoms with Crippen molar-refractivity contribution in [3.63, 3.8) is 0 Å². The lowest BCUT2D eigenvalue weighted by atomic mass is 9.98. The Hall–Kier alpha value is -2.33. The van der Waals surface area contributed by atoms with Gasteiger partial charge in [-0.05, 0) is 31.9 Å². The predicted molar refractivity (Wildman–Crippen MR) is 131 cm³/mol. The summed E-state index contributed by atoms with van der Waals surface area (Å²) in [4.78, 5) is 36.0. The minimum Gasteiger partial charge on any atom is -0.379 e. The highest BCUT2D eigenvalue weighted by molar-refractivity contribution is 7.14. The first-order chi connectivity index (χ1) is 15.9. The van der Waals surface area contributed by atoms with Crippen molar-refractivity contribution in [2.45, 2.75) is 20.8 Å². The zero-order valence-electron chi connectivity index (χ0n) is 19.7. The van der Waals surface area contributed by atoms with Crippen LogP contribution in [0.1, 0.15) is 16.7 Å². The van der Waals surface area contributed by atoms with Crippen LogP contribution in [-0.2, 0) is 14.3 Å². The Morgan fingerprint density at radius 3 is 2.27 bits per heavy atom. The van der Waals surface area contributed by atoms with Gasteiger partial charge in [0.2, 0.25) is 11.8 Å². The lowest BCUT2D eigenvalue weighted by Gasteiger charge is -2.36. The third-order valence-corrected chi connectivity index (χ3v) is 7.00. The highest BCUT2D eigenvalue weighted by atomic mass is 32.1. The van der Waals surface area contributed by atoms with Crippen molar-refractivity contribution in [1.29, 1.82) is 0 Å². The molecule has 1 aromatic heterocycles. The fourth-order valence-electron chi connectivity index (χ4n) is 4.60. The van der Waals surface area contributed by atoms with Gasteiger partial charge in [-0.2, -0.15) is 0 Å². The molecule has 0 atom stereocenters. The molecular weight excluding hydrogens is 438 g/mol. The summed E-state index contributed by atoms with van der Waals surface area (Å²) in [6.45, 7) is 12.8. The second kappa shape index (κ2) is 10.7. The summed E-state index contributed by atoms with van der Waals surface area (Å²) in [5, 5.41) is 5.56. The number of rotatable bonds is 6. The smallest absolute Gasteiger partial charge is 0.240 e. The Morgan fingerprint density at radius 2 is 1.61 bits per heavy atom. The van der Waals surface area contributed by atoms with Crippen LogP contribution in [0.15, 0.2) is 17.5 Å². The van der Waals surface area contributed by atoms with Crippen molar-refractivity contribution < 1.29 is 14.3 Å². The number of hydrogen-bond acceptors (Lipinski definition) is 7. The van der Waals surface area contributed by atoms with Gasteiger partial charge in [0.15, 0.2) is 5.13 Å². The third-order valence-electron chi connectivity index (χ3n) is 6.24. The molecule has 9 heteroatoms. The summed E-state index contributed by atoms with van der Waals surface area (Å²) in [5.41, 5.74) is 5.65. The Kier molecular flexibility index (Phi) is 7.75. The fourth-order valence-corrected chi connectivity index (χ4v) is 5.32. The second-order valence-electron chi connectivity index (χ2n) is 8.91. The first kappa shape index (κ1) is 23.8. The van der Waals surface area contributed by atoms with Crippen LogP contribution < -0.4 is 5.32 Å². The van der Waals surface area contributed by atoms with Gasteiger partial charge in [0.25, 0.3) is 0 Å². The van der Waals surface area contributed by atoms with Gasteiger partial charge in [-0.3, -0.25) is 19.4 Å². The van der Waals surface area contributed by atoms with Gasteiger partial charge in [0.05, 0.1) is 32.0 Å². The highest BCUT2D eigenvalue weighted by Crippen LogP contribution is 2.31. The van der Waals surface area contributed by atoms with E-state index < -0.39 is 0 Å². The molecule has 2 fully saturated rings. The molecule has 1 aromatic carbocycles. The molecule has 1 N–H and O–H groups in total. The Morgan fingerprint density at radius 1 is 0.970 bits per heavy atom. The SMILES string of the molecule is Cc1cc(C)c(-c2csc(NC(=O)CN3CCN(C(=O)CN4CCOCC4)CC3)n2)c(C)c1. The van der Waals surface area contributed by atoms with E-state index in [9.17, 15) is 9.59 Å². The number of aromatic nitrogens is 1. The number of thiazole rings is 1. The van der Waals surface area contributed by atoms with Crippen molar-refractivity contribution in [2.24, 2.45) is 0 Å². The predicted octanol–water partition coefficient (Wildman–Crippen LogP) is 2.15. The van der Waals surface area contributed by atoms with E-state index in [0.717, 1.165) is 24.3 Å². The van der Waals surface area contributed by atoms with Gasteiger partial charge in [-0.15, -0.1) is 11.3 Å². The molecule has 178 valence electrons. The molecular formula is C24H33N5O3S. The van der Waals surface area contributed by atoms with Crippen LogP contribution >= 0.6 is 11.3 Å². The number of carbonyl (C=O) groups excluding carboxylic acids is 2. The topological polar surface area (TPSA) is 78.0 Å².